The summed E-state index contributed by atoms with van der Waals surface area (Å²) in [6.45, 7) is 3.22. The van der Waals surface area contributed by atoms with Gasteiger partial charge in [0, 0.05) is 25.7 Å². The maximum Gasteiger partial charge on any atom is 0.159 e. The van der Waals surface area contributed by atoms with E-state index in [4.69, 9.17) is 10.5 Å². The lowest BCUT2D eigenvalue weighted by molar-refractivity contribution is 0.0178. The Labute approximate surface area is 99.2 Å². The van der Waals surface area contributed by atoms with E-state index in [9.17, 15) is 8.78 Å². The van der Waals surface area contributed by atoms with E-state index in [0.717, 1.165) is 19.2 Å². The second-order valence-corrected chi connectivity index (χ2v) is 4.07. The number of benzene rings is 1. The van der Waals surface area contributed by atoms with Gasteiger partial charge in [-0.15, -0.1) is 0 Å². The molecule has 0 aromatic heterocycles. The van der Waals surface area contributed by atoms with Crippen LogP contribution in [0, 0.1) is 11.6 Å². The highest BCUT2D eigenvalue weighted by Crippen LogP contribution is 2.22. The van der Waals surface area contributed by atoms with Gasteiger partial charge in [-0.3, -0.25) is 4.90 Å². The Morgan fingerprint density at radius 2 is 1.94 bits per heavy atom. The summed E-state index contributed by atoms with van der Waals surface area (Å²) in [5.74, 6) is -1.65. The third-order valence-electron chi connectivity index (χ3n) is 3.04. The maximum atomic E-state index is 13.2. The summed E-state index contributed by atoms with van der Waals surface area (Å²) in [4.78, 5) is 2.14. The molecule has 1 atom stereocenters. The molecule has 1 aromatic carbocycles. The van der Waals surface area contributed by atoms with E-state index in [1.807, 2.05) is 0 Å². The van der Waals surface area contributed by atoms with Crippen molar-refractivity contribution in [3.05, 3.63) is 35.4 Å². The minimum Gasteiger partial charge on any atom is -0.379 e. The van der Waals surface area contributed by atoms with Crippen LogP contribution in [0.1, 0.15) is 11.6 Å². The van der Waals surface area contributed by atoms with Crippen LogP contribution in [0.3, 0.4) is 0 Å². The highest BCUT2D eigenvalue weighted by Gasteiger charge is 2.22. The van der Waals surface area contributed by atoms with Crippen molar-refractivity contribution in [2.75, 3.05) is 32.8 Å². The fraction of sp³-hybridized carbons (Fsp3) is 0.500. The quantitative estimate of drug-likeness (QED) is 0.868. The van der Waals surface area contributed by atoms with Gasteiger partial charge in [0.2, 0.25) is 0 Å². The molecule has 1 aliphatic heterocycles. The zero-order valence-corrected chi connectivity index (χ0v) is 9.53. The fourth-order valence-corrected chi connectivity index (χ4v) is 2.10. The summed E-state index contributed by atoms with van der Waals surface area (Å²) in [6, 6.07) is 3.88. The first-order valence-corrected chi connectivity index (χ1v) is 5.69. The number of morpholine rings is 1. The minimum atomic E-state index is -0.827. The number of halogens is 2. The van der Waals surface area contributed by atoms with Crippen molar-refractivity contribution < 1.29 is 13.5 Å². The van der Waals surface area contributed by atoms with Gasteiger partial charge in [-0.25, -0.2) is 8.78 Å². The lowest BCUT2D eigenvalue weighted by Crippen LogP contribution is -2.41. The molecule has 2 N–H and O–H groups in total. The predicted molar refractivity (Wildman–Crippen MR) is 60.5 cm³/mol. The molecule has 0 amide bonds. The summed E-state index contributed by atoms with van der Waals surface area (Å²) >= 11 is 0. The molecule has 0 radical (unpaired) electrons. The van der Waals surface area contributed by atoms with E-state index >= 15 is 0 Å². The average Bonchev–Trinajstić information content (AvgIpc) is 2.36. The normalized spacial score (nSPS) is 19.2. The standard InChI is InChI=1S/C12H16F2N2O/c13-10-2-1-9(7-11(10)14)12(8-15)16-3-5-17-6-4-16/h1-2,7,12H,3-6,8,15H2. The largest absolute Gasteiger partial charge is 0.379 e. The molecule has 1 aliphatic rings. The van der Waals surface area contributed by atoms with Crippen molar-refractivity contribution in [2.45, 2.75) is 6.04 Å². The van der Waals surface area contributed by atoms with Crippen LogP contribution >= 0.6 is 0 Å². The van der Waals surface area contributed by atoms with Crippen molar-refractivity contribution in [2.24, 2.45) is 5.73 Å². The number of hydrogen-bond donors (Lipinski definition) is 1. The minimum absolute atomic E-state index is 0.0750. The molecule has 94 valence electrons. The molecule has 1 aromatic rings. The molecule has 1 saturated heterocycles. The van der Waals surface area contributed by atoms with Gasteiger partial charge in [0.05, 0.1) is 13.2 Å². The summed E-state index contributed by atoms with van der Waals surface area (Å²) < 4.78 is 31.3. The molecule has 5 heteroatoms. The summed E-state index contributed by atoms with van der Waals surface area (Å²) in [5, 5.41) is 0. The monoisotopic (exact) mass is 242 g/mol. The Balaban J connectivity index is 2.18. The van der Waals surface area contributed by atoms with E-state index in [2.05, 4.69) is 4.90 Å². The highest BCUT2D eigenvalue weighted by molar-refractivity contribution is 5.22. The molecular formula is C12H16F2N2O. The Hall–Kier alpha value is -1.04. The zero-order chi connectivity index (χ0) is 12.3. The van der Waals surface area contributed by atoms with E-state index in [1.165, 1.54) is 6.07 Å². The van der Waals surface area contributed by atoms with Crippen LogP contribution in [-0.2, 0) is 4.74 Å². The second kappa shape index (κ2) is 5.53. The molecule has 1 unspecified atom stereocenters. The lowest BCUT2D eigenvalue weighted by atomic mass is 10.0. The molecular weight excluding hydrogens is 226 g/mol. The Bertz CT molecular complexity index is 381. The Morgan fingerprint density at radius 1 is 1.24 bits per heavy atom. The molecule has 0 saturated carbocycles. The Morgan fingerprint density at radius 3 is 2.53 bits per heavy atom. The van der Waals surface area contributed by atoms with Crippen molar-refractivity contribution in [3.63, 3.8) is 0 Å². The predicted octanol–water partition coefficient (Wildman–Crippen LogP) is 1.30. The van der Waals surface area contributed by atoms with Crippen LogP contribution in [0.5, 0.6) is 0 Å². The van der Waals surface area contributed by atoms with Crippen LogP contribution in [0.2, 0.25) is 0 Å². The number of nitrogens with zero attached hydrogens (tertiary/aromatic N) is 1. The maximum absolute atomic E-state index is 13.2. The summed E-state index contributed by atoms with van der Waals surface area (Å²) in [6.07, 6.45) is 0. The summed E-state index contributed by atoms with van der Waals surface area (Å²) in [7, 11) is 0. The van der Waals surface area contributed by atoms with Gasteiger partial charge >= 0.3 is 0 Å². The van der Waals surface area contributed by atoms with Gasteiger partial charge in [0.25, 0.3) is 0 Å². The van der Waals surface area contributed by atoms with Crippen LogP contribution < -0.4 is 5.73 Å². The van der Waals surface area contributed by atoms with Gasteiger partial charge in [-0.2, -0.15) is 0 Å². The molecule has 17 heavy (non-hydrogen) atoms. The number of nitrogens with two attached hydrogens (primary N) is 1. The van der Waals surface area contributed by atoms with Gasteiger partial charge < -0.3 is 10.5 Å². The first-order valence-electron chi connectivity index (χ1n) is 5.69. The van der Waals surface area contributed by atoms with Gasteiger partial charge in [-0.05, 0) is 17.7 Å². The SMILES string of the molecule is NCC(c1ccc(F)c(F)c1)N1CCOCC1. The van der Waals surface area contributed by atoms with Gasteiger partial charge in [-0.1, -0.05) is 6.07 Å². The summed E-state index contributed by atoms with van der Waals surface area (Å²) in [5.41, 5.74) is 6.44. The molecule has 3 nitrogen and oxygen atoms in total. The molecule has 2 rings (SSSR count). The molecule has 0 aliphatic carbocycles. The average molecular weight is 242 g/mol. The molecule has 0 spiro atoms. The van der Waals surface area contributed by atoms with Crippen LogP contribution in [0.25, 0.3) is 0 Å². The highest BCUT2D eigenvalue weighted by atomic mass is 19.2. The van der Waals surface area contributed by atoms with E-state index in [1.54, 1.807) is 6.07 Å². The number of rotatable bonds is 3. The van der Waals surface area contributed by atoms with Crippen molar-refractivity contribution in [1.82, 2.24) is 4.90 Å². The third-order valence-corrected chi connectivity index (χ3v) is 3.04. The fourth-order valence-electron chi connectivity index (χ4n) is 2.10. The number of ether oxygens (including phenoxy) is 1. The van der Waals surface area contributed by atoms with Crippen LogP contribution in [0.4, 0.5) is 8.78 Å². The van der Waals surface area contributed by atoms with Crippen LogP contribution in [0.15, 0.2) is 18.2 Å². The molecule has 0 bridgehead atoms. The van der Waals surface area contributed by atoms with Crippen LogP contribution in [-0.4, -0.2) is 37.7 Å². The van der Waals surface area contributed by atoms with Gasteiger partial charge in [0.1, 0.15) is 0 Å². The zero-order valence-electron chi connectivity index (χ0n) is 9.53. The molecule has 1 heterocycles. The lowest BCUT2D eigenvalue weighted by Gasteiger charge is -2.34. The first kappa shape index (κ1) is 12.4. The van der Waals surface area contributed by atoms with Crippen molar-refractivity contribution >= 4 is 0 Å². The van der Waals surface area contributed by atoms with Crippen molar-refractivity contribution in [1.29, 1.82) is 0 Å². The van der Waals surface area contributed by atoms with Crippen molar-refractivity contribution in [3.8, 4) is 0 Å². The third kappa shape index (κ3) is 2.80. The topological polar surface area (TPSA) is 38.5 Å². The van der Waals surface area contributed by atoms with Gasteiger partial charge in [0.15, 0.2) is 11.6 Å². The first-order chi connectivity index (χ1) is 8.22. The van der Waals surface area contributed by atoms with E-state index < -0.39 is 11.6 Å². The molecule has 1 fully saturated rings. The smallest absolute Gasteiger partial charge is 0.159 e. The number of hydrogen-bond acceptors (Lipinski definition) is 3. The second-order valence-electron chi connectivity index (χ2n) is 4.07. The van der Waals surface area contributed by atoms with E-state index in [-0.39, 0.29) is 6.04 Å². The Kier molecular flexibility index (Phi) is 4.04. The van der Waals surface area contributed by atoms with E-state index in [0.29, 0.717) is 25.3 Å².